The smallest absolute Gasteiger partial charge is 0.264 e. The van der Waals surface area contributed by atoms with Crippen molar-refractivity contribution in [1.82, 2.24) is 4.31 Å². The van der Waals surface area contributed by atoms with Crippen LogP contribution in [0.5, 0.6) is 0 Å². The summed E-state index contributed by atoms with van der Waals surface area (Å²) in [6.45, 7) is 0.0496. The Morgan fingerprint density at radius 2 is 1.70 bits per heavy atom. The Bertz CT molecular complexity index is 749. The molecule has 0 fully saturated rings. The highest BCUT2D eigenvalue weighted by Crippen LogP contribution is 2.08. The Morgan fingerprint density at radius 3 is 2.17 bits per heavy atom. The second-order valence-electron chi connectivity index (χ2n) is 5.10. The van der Waals surface area contributed by atoms with Crippen molar-refractivity contribution in [2.24, 2.45) is 0 Å². The van der Waals surface area contributed by atoms with Crippen LogP contribution in [0.1, 0.15) is 17.5 Å². The van der Waals surface area contributed by atoms with Gasteiger partial charge in [-0.1, -0.05) is 12.1 Å². The van der Waals surface area contributed by atoms with Gasteiger partial charge in [-0.2, -0.15) is 18.0 Å². The molecule has 0 amide bonds. The van der Waals surface area contributed by atoms with Gasteiger partial charge in [0.15, 0.2) is 0 Å². The van der Waals surface area contributed by atoms with E-state index in [0.29, 0.717) is 18.4 Å². The number of nitrogens with zero attached hydrogens (tertiary/aromatic N) is 2. The topological polar surface area (TPSA) is 105 Å². The Hall–Kier alpha value is -1.47. The van der Waals surface area contributed by atoms with Crippen molar-refractivity contribution < 1.29 is 21.0 Å². The maximum atomic E-state index is 11.7. The van der Waals surface area contributed by atoms with E-state index in [1.165, 1.54) is 4.31 Å². The van der Waals surface area contributed by atoms with Gasteiger partial charge in [-0.15, -0.1) is 0 Å². The highest BCUT2D eigenvalue weighted by Gasteiger charge is 2.16. The van der Waals surface area contributed by atoms with Crippen molar-refractivity contribution in [1.29, 1.82) is 5.26 Å². The molecular formula is C14H20N2O5S2. The van der Waals surface area contributed by atoms with Crippen molar-refractivity contribution in [3.63, 3.8) is 0 Å². The van der Waals surface area contributed by atoms with E-state index in [-0.39, 0.29) is 19.7 Å². The summed E-state index contributed by atoms with van der Waals surface area (Å²) in [7, 11) is -7.02. The van der Waals surface area contributed by atoms with Crippen molar-refractivity contribution in [3.8, 4) is 6.07 Å². The number of benzene rings is 1. The van der Waals surface area contributed by atoms with E-state index in [9.17, 15) is 16.8 Å². The van der Waals surface area contributed by atoms with E-state index in [2.05, 4.69) is 4.18 Å². The first-order chi connectivity index (χ1) is 10.6. The Balaban J connectivity index is 2.52. The van der Waals surface area contributed by atoms with Gasteiger partial charge in [-0.3, -0.25) is 4.18 Å². The maximum absolute atomic E-state index is 11.7. The van der Waals surface area contributed by atoms with E-state index >= 15 is 0 Å². The molecule has 128 valence electrons. The molecule has 23 heavy (non-hydrogen) atoms. The van der Waals surface area contributed by atoms with E-state index in [0.717, 1.165) is 18.1 Å². The number of aryl methyl sites for hydroxylation is 1. The molecule has 1 rings (SSSR count). The van der Waals surface area contributed by atoms with Crippen LogP contribution in [0.4, 0.5) is 0 Å². The zero-order chi connectivity index (χ0) is 17.5. The van der Waals surface area contributed by atoms with Crippen molar-refractivity contribution in [3.05, 3.63) is 35.4 Å². The molecule has 0 bridgehead atoms. The largest absolute Gasteiger partial charge is 0.269 e. The Labute approximate surface area is 137 Å². The molecule has 0 radical (unpaired) electrons. The summed E-state index contributed by atoms with van der Waals surface area (Å²) >= 11 is 0. The number of hydrogen-bond acceptors (Lipinski definition) is 6. The van der Waals surface area contributed by atoms with Gasteiger partial charge >= 0.3 is 0 Å². The van der Waals surface area contributed by atoms with Crippen LogP contribution in [0, 0.1) is 11.3 Å². The van der Waals surface area contributed by atoms with Gasteiger partial charge in [0, 0.05) is 13.1 Å². The summed E-state index contributed by atoms with van der Waals surface area (Å²) in [5, 5.41) is 8.73. The van der Waals surface area contributed by atoms with Gasteiger partial charge in [-0.25, -0.2) is 8.42 Å². The molecule has 1 aromatic rings. The number of sulfonamides is 1. The zero-order valence-corrected chi connectivity index (χ0v) is 14.7. The number of rotatable bonds is 9. The third-order valence-corrected chi connectivity index (χ3v) is 4.96. The fourth-order valence-corrected chi connectivity index (χ4v) is 3.18. The summed E-state index contributed by atoms with van der Waals surface area (Å²) < 4.78 is 51.0. The predicted octanol–water partition coefficient (Wildman–Crippen LogP) is 0.729. The molecule has 0 atom stereocenters. The molecular weight excluding hydrogens is 340 g/mol. The number of nitriles is 1. The summed E-state index contributed by atoms with van der Waals surface area (Å²) in [5.74, 6) is 0. The third-order valence-electron chi connectivity index (χ3n) is 3.06. The van der Waals surface area contributed by atoms with E-state index in [1.54, 1.807) is 12.1 Å². The lowest BCUT2D eigenvalue weighted by Gasteiger charge is -2.19. The molecule has 0 heterocycles. The van der Waals surface area contributed by atoms with Gasteiger partial charge in [0.25, 0.3) is 10.1 Å². The van der Waals surface area contributed by atoms with Crippen LogP contribution in [0.2, 0.25) is 0 Å². The van der Waals surface area contributed by atoms with Crippen LogP contribution in [0.3, 0.4) is 0 Å². The first-order valence-electron chi connectivity index (χ1n) is 6.90. The first kappa shape index (κ1) is 19.6. The fraction of sp³-hybridized carbons (Fsp3) is 0.500. The molecule has 7 nitrogen and oxygen atoms in total. The molecule has 0 unspecified atom stereocenters. The van der Waals surface area contributed by atoms with E-state index in [4.69, 9.17) is 5.26 Å². The van der Waals surface area contributed by atoms with Crippen molar-refractivity contribution in [2.75, 3.05) is 32.2 Å². The summed E-state index contributed by atoms with van der Waals surface area (Å²) in [6, 6.07) is 9.12. The van der Waals surface area contributed by atoms with E-state index < -0.39 is 20.1 Å². The molecule has 0 saturated carbocycles. The molecule has 0 spiro atoms. The minimum atomic E-state index is -3.58. The van der Waals surface area contributed by atoms with Crippen LogP contribution in [-0.2, 0) is 30.7 Å². The van der Waals surface area contributed by atoms with Gasteiger partial charge in [-0.05, 0) is 30.5 Å². The quantitative estimate of drug-likeness (QED) is 0.601. The van der Waals surface area contributed by atoms with Crippen LogP contribution in [-0.4, -0.2) is 53.3 Å². The van der Waals surface area contributed by atoms with Crippen LogP contribution >= 0.6 is 0 Å². The molecule has 0 aliphatic rings. The molecule has 0 aliphatic heterocycles. The minimum Gasteiger partial charge on any atom is -0.269 e. The second-order valence-corrected chi connectivity index (χ2v) is 8.73. The number of hydrogen-bond donors (Lipinski definition) is 0. The zero-order valence-electron chi connectivity index (χ0n) is 13.1. The molecule has 0 aliphatic carbocycles. The average molecular weight is 360 g/mol. The molecule has 1 aromatic carbocycles. The first-order valence-corrected chi connectivity index (χ1v) is 10.6. The summed E-state index contributed by atoms with van der Waals surface area (Å²) in [5.41, 5.74) is 1.58. The predicted molar refractivity (Wildman–Crippen MR) is 86.7 cm³/mol. The molecule has 0 aromatic heterocycles. The second kappa shape index (κ2) is 8.40. The SMILES string of the molecule is CS(=O)(=O)OCCN(CCCc1ccc(C#N)cc1)S(C)(=O)=O. The van der Waals surface area contributed by atoms with Crippen LogP contribution in [0.15, 0.2) is 24.3 Å². The fourth-order valence-electron chi connectivity index (χ4n) is 1.94. The minimum absolute atomic E-state index is 0.0146. The monoisotopic (exact) mass is 360 g/mol. The lowest BCUT2D eigenvalue weighted by molar-refractivity contribution is 0.277. The molecule has 0 saturated heterocycles. The van der Waals surface area contributed by atoms with Crippen molar-refractivity contribution >= 4 is 20.1 Å². The maximum Gasteiger partial charge on any atom is 0.264 e. The normalized spacial score (nSPS) is 12.3. The standard InChI is InChI=1S/C14H20N2O5S2/c1-22(17,18)16(10-11-21-23(2,19)20)9-3-4-13-5-7-14(12-15)8-6-13/h5-8H,3-4,9-11H2,1-2H3. The van der Waals surface area contributed by atoms with Gasteiger partial charge in [0.2, 0.25) is 10.0 Å². The lowest BCUT2D eigenvalue weighted by atomic mass is 10.1. The Morgan fingerprint density at radius 1 is 1.09 bits per heavy atom. The van der Waals surface area contributed by atoms with Crippen LogP contribution in [0.25, 0.3) is 0 Å². The molecule has 9 heteroatoms. The average Bonchev–Trinajstić information content (AvgIpc) is 2.44. The lowest BCUT2D eigenvalue weighted by Crippen LogP contribution is -2.34. The third kappa shape index (κ3) is 8.08. The highest BCUT2D eigenvalue weighted by atomic mass is 32.2. The van der Waals surface area contributed by atoms with E-state index in [1.807, 2.05) is 18.2 Å². The van der Waals surface area contributed by atoms with Crippen LogP contribution < -0.4 is 0 Å². The Kier molecular flexibility index (Phi) is 7.15. The van der Waals surface area contributed by atoms with Crippen molar-refractivity contribution in [2.45, 2.75) is 12.8 Å². The summed E-state index contributed by atoms with van der Waals surface area (Å²) in [4.78, 5) is 0. The molecule has 0 N–H and O–H groups in total. The van der Waals surface area contributed by atoms with Gasteiger partial charge in [0.1, 0.15) is 0 Å². The van der Waals surface area contributed by atoms with Gasteiger partial charge in [0.05, 0.1) is 30.8 Å². The highest BCUT2D eigenvalue weighted by molar-refractivity contribution is 7.88. The van der Waals surface area contributed by atoms with Gasteiger partial charge < -0.3 is 0 Å². The summed E-state index contributed by atoms with van der Waals surface area (Å²) in [6.07, 6.45) is 3.24.